The SMILES string of the molecule is O=C(O)c1nc2c(C(F)(F)F)cccc2c(=O)[nH]1. The van der Waals surface area contributed by atoms with Gasteiger partial charge < -0.3 is 10.1 Å². The van der Waals surface area contributed by atoms with Crippen LogP contribution in [0.5, 0.6) is 0 Å². The van der Waals surface area contributed by atoms with Crippen molar-refractivity contribution in [2.45, 2.75) is 6.18 Å². The van der Waals surface area contributed by atoms with E-state index < -0.39 is 34.6 Å². The molecule has 0 amide bonds. The number of fused-ring (bicyclic) bond motifs is 1. The highest BCUT2D eigenvalue weighted by Crippen LogP contribution is 2.32. The van der Waals surface area contributed by atoms with E-state index in [1.54, 1.807) is 0 Å². The van der Waals surface area contributed by atoms with Crippen LogP contribution in [0.4, 0.5) is 13.2 Å². The van der Waals surface area contributed by atoms with Crippen LogP contribution in [0.1, 0.15) is 16.2 Å². The number of aromatic nitrogens is 2. The zero-order valence-electron chi connectivity index (χ0n) is 8.58. The van der Waals surface area contributed by atoms with Crippen LogP contribution in [0, 0.1) is 0 Å². The van der Waals surface area contributed by atoms with Crippen LogP contribution in [-0.2, 0) is 6.18 Å². The molecule has 94 valence electrons. The number of benzene rings is 1. The summed E-state index contributed by atoms with van der Waals surface area (Å²) < 4.78 is 38.0. The lowest BCUT2D eigenvalue weighted by Crippen LogP contribution is -2.18. The predicted octanol–water partition coefficient (Wildman–Crippen LogP) is 1.64. The van der Waals surface area contributed by atoms with E-state index in [1.807, 2.05) is 4.98 Å². The Kier molecular flexibility index (Phi) is 2.57. The molecular weight excluding hydrogens is 253 g/mol. The largest absolute Gasteiger partial charge is 0.475 e. The minimum Gasteiger partial charge on any atom is -0.475 e. The minimum absolute atomic E-state index is 0.310. The van der Waals surface area contributed by atoms with E-state index in [4.69, 9.17) is 5.11 Å². The van der Waals surface area contributed by atoms with E-state index in [1.165, 1.54) is 0 Å². The molecule has 0 radical (unpaired) electrons. The number of para-hydroxylation sites is 1. The van der Waals surface area contributed by atoms with E-state index >= 15 is 0 Å². The van der Waals surface area contributed by atoms with Crippen molar-refractivity contribution in [2.24, 2.45) is 0 Å². The van der Waals surface area contributed by atoms with Gasteiger partial charge in [0, 0.05) is 0 Å². The highest BCUT2D eigenvalue weighted by Gasteiger charge is 2.33. The molecule has 0 saturated heterocycles. The number of carboxylic acids is 1. The standard InChI is InChI=1S/C10H5F3N2O3/c11-10(12,13)5-3-1-2-4-6(5)14-7(9(17)18)15-8(4)16/h1-3H,(H,17,18)(H,14,15,16). The lowest BCUT2D eigenvalue weighted by molar-refractivity contribution is -0.136. The first-order chi connectivity index (χ1) is 8.30. The second-order valence-electron chi connectivity index (χ2n) is 3.42. The highest BCUT2D eigenvalue weighted by molar-refractivity contribution is 5.88. The number of nitrogens with zero attached hydrogens (tertiary/aromatic N) is 1. The van der Waals surface area contributed by atoms with Gasteiger partial charge in [0.15, 0.2) is 0 Å². The Balaban J connectivity index is 2.91. The lowest BCUT2D eigenvalue weighted by Gasteiger charge is -2.09. The molecule has 0 atom stereocenters. The molecule has 1 heterocycles. The second kappa shape index (κ2) is 3.83. The molecule has 2 aromatic rings. The van der Waals surface area contributed by atoms with E-state index in [2.05, 4.69) is 4.98 Å². The third-order valence-electron chi connectivity index (χ3n) is 2.24. The molecule has 0 aliphatic rings. The summed E-state index contributed by atoms with van der Waals surface area (Å²) in [6.07, 6.45) is -4.71. The fraction of sp³-hybridized carbons (Fsp3) is 0.100. The fourth-order valence-electron chi connectivity index (χ4n) is 1.49. The molecule has 8 heteroatoms. The van der Waals surface area contributed by atoms with Crippen LogP contribution < -0.4 is 5.56 Å². The smallest absolute Gasteiger partial charge is 0.418 e. The zero-order chi connectivity index (χ0) is 13.5. The number of nitrogens with one attached hydrogen (secondary N) is 1. The van der Waals surface area contributed by atoms with Gasteiger partial charge in [-0.2, -0.15) is 13.2 Å². The first kappa shape index (κ1) is 12.1. The lowest BCUT2D eigenvalue weighted by atomic mass is 10.1. The van der Waals surface area contributed by atoms with Crippen molar-refractivity contribution < 1.29 is 23.1 Å². The summed E-state index contributed by atoms with van der Waals surface area (Å²) in [5.41, 5.74) is -2.75. The summed E-state index contributed by atoms with van der Waals surface area (Å²) in [4.78, 5) is 27.3. The molecule has 0 spiro atoms. The van der Waals surface area contributed by atoms with E-state index in [-0.39, 0.29) is 5.39 Å². The zero-order valence-corrected chi connectivity index (χ0v) is 8.58. The van der Waals surface area contributed by atoms with Gasteiger partial charge in [-0.15, -0.1) is 0 Å². The minimum atomic E-state index is -4.71. The van der Waals surface area contributed by atoms with Crippen LogP contribution in [0.25, 0.3) is 10.9 Å². The molecule has 2 rings (SSSR count). The van der Waals surface area contributed by atoms with Crippen molar-refractivity contribution in [3.05, 3.63) is 39.9 Å². The summed E-state index contributed by atoms with van der Waals surface area (Å²) in [5, 5.41) is 8.34. The predicted molar refractivity (Wildman–Crippen MR) is 54.3 cm³/mol. The van der Waals surface area contributed by atoms with Crippen LogP contribution in [0.2, 0.25) is 0 Å². The van der Waals surface area contributed by atoms with E-state index in [9.17, 15) is 22.8 Å². The quantitative estimate of drug-likeness (QED) is 0.814. The normalized spacial score (nSPS) is 11.7. The molecule has 0 bridgehead atoms. The Labute approximate surface area is 96.9 Å². The molecular formula is C10H5F3N2O3. The summed E-state index contributed by atoms with van der Waals surface area (Å²) in [6, 6.07) is 2.94. The Morgan fingerprint density at radius 2 is 2.00 bits per heavy atom. The van der Waals surface area contributed by atoms with E-state index in [0.717, 1.165) is 18.2 Å². The molecule has 1 aromatic heterocycles. The molecule has 0 fully saturated rings. The van der Waals surface area contributed by atoms with Crippen LogP contribution in [0.3, 0.4) is 0 Å². The summed E-state index contributed by atoms with van der Waals surface area (Å²) in [5.74, 6) is -2.44. The first-order valence-electron chi connectivity index (χ1n) is 4.64. The molecule has 1 aromatic carbocycles. The van der Waals surface area contributed by atoms with Crippen molar-refractivity contribution in [3.8, 4) is 0 Å². The van der Waals surface area contributed by atoms with Gasteiger partial charge in [0.1, 0.15) is 0 Å². The Bertz CT molecular complexity index is 691. The van der Waals surface area contributed by atoms with E-state index in [0.29, 0.717) is 0 Å². The van der Waals surface area contributed by atoms with Crippen LogP contribution in [0.15, 0.2) is 23.0 Å². The van der Waals surface area contributed by atoms with Crippen molar-refractivity contribution in [3.63, 3.8) is 0 Å². The molecule has 0 aliphatic carbocycles. The molecule has 0 saturated carbocycles. The number of halogens is 3. The number of aromatic carboxylic acids is 1. The number of aromatic amines is 1. The monoisotopic (exact) mass is 258 g/mol. The van der Waals surface area contributed by atoms with Crippen molar-refractivity contribution >= 4 is 16.9 Å². The highest BCUT2D eigenvalue weighted by atomic mass is 19.4. The fourth-order valence-corrected chi connectivity index (χ4v) is 1.49. The molecule has 18 heavy (non-hydrogen) atoms. The van der Waals surface area contributed by atoms with Gasteiger partial charge in [-0.25, -0.2) is 9.78 Å². The average molecular weight is 258 g/mol. The molecule has 0 unspecified atom stereocenters. The maximum atomic E-state index is 12.7. The molecule has 2 N–H and O–H groups in total. The third kappa shape index (κ3) is 1.92. The summed E-state index contributed by atoms with van der Waals surface area (Å²) in [7, 11) is 0. The average Bonchev–Trinajstić information content (AvgIpc) is 2.26. The first-order valence-corrected chi connectivity index (χ1v) is 4.64. The summed E-state index contributed by atoms with van der Waals surface area (Å²) >= 11 is 0. The van der Waals surface area contributed by atoms with Crippen LogP contribution in [-0.4, -0.2) is 21.0 Å². The maximum Gasteiger partial charge on any atom is 0.418 e. The Hall–Kier alpha value is -2.38. The van der Waals surface area contributed by atoms with Gasteiger partial charge in [0.05, 0.1) is 16.5 Å². The maximum absolute atomic E-state index is 12.7. The topological polar surface area (TPSA) is 83.0 Å². The van der Waals surface area contributed by atoms with Gasteiger partial charge in [0.2, 0.25) is 5.82 Å². The number of H-pyrrole nitrogens is 1. The third-order valence-corrected chi connectivity index (χ3v) is 2.24. The number of rotatable bonds is 1. The number of hydrogen-bond donors (Lipinski definition) is 2. The summed E-state index contributed by atoms with van der Waals surface area (Å²) in [6.45, 7) is 0. The Morgan fingerprint density at radius 3 is 2.56 bits per heavy atom. The number of carboxylic acid groups (broad SMARTS) is 1. The molecule has 0 aliphatic heterocycles. The van der Waals surface area contributed by atoms with Gasteiger partial charge in [-0.3, -0.25) is 4.79 Å². The van der Waals surface area contributed by atoms with Crippen molar-refractivity contribution in [1.82, 2.24) is 9.97 Å². The number of hydrogen-bond acceptors (Lipinski definition) is 3. The van der Waals surface area contributed by atoms with Crippen molar-refractivity contribution in [2.75, 3.05) is 0 Å². The second-order valence-corrected chi connectivity index (χ2v) is 3.42. The number of carbonyl (C=O) groups is 1. The molecule has 5 nitrogen and oxygen atoms in total. The van der Waals surface area contributed by atoms with Gasteiger partial charge in [0.25, 0.3) is 5.56 Å². The van der Waals surface area contributed by atoms with Gasteiger partial charge in [-0.05, 0) is 12.1 Å². The Morgan fingerprint density at radius 1 is 1.33 bits per heavy atom. The van der Waals surface area contributed by atoms with Gasteiger partial charge >= 0.3 is 12.1 Å². The van der Waals surface area contributed by atoms with Gasteiger partial charge in [-0.1, -0.05) is 6.07 Å². The number of alkyl halides is 3. The van der Waals surface area contributed by atoms with Crippen molar-refractivity contribution in [1.29, 1.82) is 0 Å². The van der Waals surface area contributed by atoms with Crippen LogP contribution >= 0.6 is 0 Å².